The molecular formula is C19H20O2S. The topological polar surface area (TPSA) is 40.5 Å². The predicted molar refractivity (Wildman–Crippen MR) is 95.4 cm³/mol. The van der Waals surface area contributed by atoms with Gasteiger partial charge in [-0.05, 0) is 39.6 Å². The lowest BCUT2D eigenvalue weighted by atomic mass is 9.93. The zero-order valence-electron chi connectivity index (χ0n) is 12.6. The van der Waals surface area contributed by atoms with Gasteiger partial charge in [0.15, 0.2) is 0 Å². The average Bonchev–Trinajstić information content (AvgIpc) is 2.57. The standard InChI is InChI=1S/C19H20O2S/c1-13-15-6-2-4-8-17(15)19(12-22-11-14(21)10-20)18-9-5-3-7-16(13)18/h2-9,14,20-21H,10-12H2,1H3/t14-/m1/s1. The summed E-state index contributed by atoms with van der Waals surface area (Å²) in [7, 11) is 0. The monoisotopic (exact) mass is 312 g/mol. The van der Waals surface area contributed by atoms with Crippen LogP contribution in [-0.4, -0.2) is 28.7 Å². The molecule has 22 heavy (non-hydrogen) atoms. The molecule has 0 aliphatic carbocycles. The van der Waals surface area contributed by atoms with Crippen molar-refractivity contribution in [2.45, 2.75) is 18.8 Å². The molecule has 0 radical (unpaired) electrons. The molecule has 0 fully saturated rings. The molecule has 2 N–H and O–H groups in total. The summed E-state index contributed by atoms with van der Waals surface area (Å²) in [5.74, 6) is 1.38. The van der Waals surface area contributed by atoms with Crippen LogP contribution in [0.1, 0.15) is 11.1 Å². The number of hydrogen-bond acceptors (Lipinski definition) is 3. The fourth-order valence-electron chi connectivity index (χ4n) is 2.94. The third-order valence-corrected chi connectivity index (χ3v) is 5.19. The molecule has 0 heterocycles. The van der Waals surface area contributed by atoms with Crippen LogP contribution in [0, 0.1) is 6.92 Å². The van der Waals surface area contributed by atoms with Gasteiger partial charge in [-0.1, -0.05) is 48.5 Å². The Kier molecular flexibility index (Phi) is 4.67. The van der Waals surface area contributed by atoms with Gasteiger partial charge in [0.1, 0.15) is 0 Å². The maximum atomic E-state index is 9.54. The van der Waals surface area contributed by atoms with Crippen LogP contribution < -0.4 is 0 Å². The van der Waals surface area contributed by atoms with Gasteiger partial charge in [0.05, 0.1) is 12.7 Å². The molecule has 0 aromatic heterocycles. The summed E-state index contributed by atoms with van der Waals surface area (Å²) < 4.78 is 0. The summed E-state index contributed by atoms with van der Waals surface area (Å²) in [5, 5.41) is 23.6. The fraction of sp³-hybridized carbons (Fsp3) is 0.263. The molecule has 3 rings (SSSR count). The molecule has 0 amide bonds. The quantitative estimate of drug-likeness (QED) is 0.702. The summed E-state index contributed by atoms with van der Waals surface area (Å²) >= 11 is 1.66. The van der Waals surface area contributed by atoms with Crippen LogP contribution >= 0.6 is 11.8 Å². The number of thioether (sulfide) groups is 1. The van der Waals surface area contributed by atoms with Crippen molar-refractivity contribution in [1.29, 1.82) is 0 Å². The molecular weight excluding hydrogens is 292 g/mol. The summed E-state index contributed by atoms with van der Waals surface area (Å²) in [6.07, 6.45) is -0.645. The normalized spacial score (nSPS) is 12.9. The summed E-state index contributed by atoms with van der Waals surface area (Å²) in [4.78, 5) is 0. The molecule has 0 bridgehead atoms. The second-order valence-electron chi connectivity index (χ2n) is 5.55. The highest BCUT2D eigenvalue weighted by atomic mass is 32.2. The van der Waals surface area contributed by atoms with Gasteiger partial charge in [-0.3, -0.25) is 0 Å². The van der Waals surface area contributed by atoms with Gasteiger partial charge in [-0.25, -0.2) is 0 Å². The lowest BCUT2D eigenvalue weighted by Crippen LogP contribution is -2.14. The first-order valence-electron chi connectivity index (χ1n) is 7.48. The lowest BCUT2D eigenvalue weighted by Gasteiger charge is -2.15. The molecule has 1 atom stereocenters. The third-order valence-electron chi connectivity index (χ3n) is 4.08. The molecule has 3 aromatic carbocycles. The van der Waals surface area contributed by atoms with Crippen molar-refractivity contribution in [3.63, 3.8) is 0 Å². The van der Waals surface area contributed by atoms with E-state index in [1.807, 2.05) is 0 Å². The predicted octanol–water partition coefficient (Wildman–Crippen LogP) is 3.89. The first kappa shape index (κ1) is 15.3. The maximum Gasteiger partial charge on any atom is 0.0861 e. The number of aryl methyl sites for hydroxylation is 1. The van der Waals surface area contributed by atoms with Crippen molar-refractivity contribution in [2.75, 3.05) is 12.4 Å². The molecule has 3 aromatic rings. The van der Waals surface area contributed by atoms with E-state index in [0.717, 1.165) is 5.75 Å². The van der Waals surface area contributed by atoms with Crippen molar-refractivity contribution >= 4 is 33.3 Å². The molecule has 114 valence electrons. The zero-order chi connectivity index (χ0) is 15.5. The van der Waals surface area contributed by atoms with Crippen molar-refractivity contribution < 1.29 is 10.2 Å². The number of aliphatic hydroxyl groups is 2. The smallest absolute Gasteiger partial charge is 0.0861 e. The van der Waals surface area contributed by atoms with E-state index < -0.39 is 6.10 Å². The Morgan fingerprint density at radius 1 is 0.909 bits per heavy atom. The van der Waals surface area contributed by atoms with E-state index in [2.05, 4.69) is 55.5 Å². The highest BCUT2D eigenvalue weighted by molar-refractivity contribution is 7.98. The fourth-order valence-corrected chi connectivity index (χ4v) is 3.95. The first-order chi connectivity index (χ1) is 10.7. The largest absolute Gasteiger partial charge is 0.394 e. The third kappa shape index (κ3) is 2.84. The Morgan fingerprint density at radius 2 is 1.41 bits per heavy atom. The van der Waals surface area contributed by atoms with Crippen molar-refractivity contribution in [1.82, 2.24) is 0 Å². The first-order valence-corrected chi connectivity index (χ1v) is 8.63. The zero-order valence-corrected chi connectivity index (χ0v) is 13.4. The van der Waals surface area contributed by atoms with Crippen LogP contribution in [0.4, 0.5) is 0 Å². The van der Waals surface area contributed by atoms with E-state index in [9.17, 15) is 5.11 Å². The summed E-state index contributed by atoms with van der Waals surface area (Å²) in [6, 6.07) is 17.0. The highest BCUT2D eigenvalue weighted by Crippen LogP contribution is 2.34. The van der Waals surface area contributed by atoms with Crippen molar-refractivity contribution in [2.24, 2.45) is 0 Å². The van der Waals surface area contributed by atoms with Gasteiger partial charge in [0.25, 0.3) is 0 Å². The van der Waals surface area contributed by atoms with Crippen LogP contribution in [0.3, 0.4) is 0 Å². The Bertz CT molecular complexity index is 741. The molecule has 3 heteroatoms. The molecule has 0 spiro atoms. The SMILES string of the molecule is Cc1c2ccccc2c(CSC[C@H](O)CO)c2ccccc12. The summed E-state index contributed by atoms with van der Waals surface area (Å²) in [5.41, 5.74) is 2.63. The van der Waals surface area contributed by atoms with Crippen molar-refractivity contribution in [3.8, 4) is 0 Å². The number of rotatable bonds is 5. The number of fused-ring (bicyclic) bond motifs is 2. The van der Waals surface area contributed by atoms with Gasteiger partial charge < -0.3 is 10.2 Å². The number of aliphatic hydroxyl groups excluding tert-OH is 2. The molecule has 0 aliphatic rings. The van der Waals surface area contributed by atoms with Gasteiger partial charge in [0.2, 0.25) is 0 Å². The van der Waals surface area contributed by atoms with Gasteiger partial charge in [0, 0.05) is 11.5 Å². The van der Waals surface area contributed by atoms with Gasteiger partial charge in [-0.2, -0.15) is 11.8 Å². The molecule has 2 nitrogen and oxygen atoms in total. The Labute approximate surface area is 134 Å². The van der Waals surface area contributed by atoms with E-state index in [1.54, 1.807) is 11.8 Å². The van der Waals surface area contributed by atoms with E-state index in [4.69, 9.17) is 5.11 Å². The van der Waals surface area contributed by atoms with Crippen LogP contribution in [0.2, 0.25) is 0 Å². The Morgan fingerprint density at radius 3 is 1.91 bits per heavy atom. The van der Waals surface area contributed by atoms with Crippen LogP contribution in [-0.2, 0) is 5.75 Å². The summed E-state index contributed by atoms with van der Waals surface area (Å²) in [6.45, 7) is 2.00. The van der Waals surface area contributed by atoms with Crippen LogP contribution in [0.15, 0.2) is 48.5 Å². The minimum atomic E-state index is -0.645. The molecule has 0 saturated carbocycles. The Balaban J connectivity index is 2.10. The van der Waals surface area contributed by atoms with Crippen LogP contribution in [0.25, 0.3) is 21.5 Å². The lowest BCUT2D eigenvalue weighted by molar-refractivity contribution is 0.113. The van der Waals surface area contributed by atoms with E-state index >= 15 is 0 Å². The maximum absolute atomic E-state index is 9.54. The number of hydrogen-bond donors (Lipinski definition) is 2. The van der Waals surface area contributed by atoms with Gasteiger partial charge >= 0.3 is 0 Å². The van der Waals surface area contributed by atoms with E-state index in [0.29, 0.717) is 5.75 Å². The second-order valence-corrected chi connectivity index (χ2v) is 6.58. The molecule has 0 saturated heterocycles. The van der Waals surface area contributed by atoms with Crippen molar-refractivity contribution in [3.05, 3.63) is 59.7 Å². The van der Waals surface area contributed by atoms with Gasteiger partial charge in [-0.15, -0.1) is 0 Å². The molecule has 0 unspecified atom stereocenters. The highest BCUT2D eigenvalue weighted by Gasteiger charge is 2.11. The minimum Gasteiger partial charge on any atom is -0.394 e. The average molecular weight is 312 g/mol. The van der Waals surface area contributed by atoms with E-state index in [-0.39, 0.29) is 6.61 Å². The minimum absolute atomic E-state index is 0.178. The van der Waals surface area contributed by atoms with E-state index in [1.165, 1.54) is 32.7 Å². The van der Waals surface area contributed by atoms with Crippen LogP contribution in [0.5, 0.6) is 0 Å². The molecule has 0 aliphatic heterocycles. The number of benzene rings is 3. The second kappa shape index (κ2) is 6.69. The Hall–Kier alpha value is -1.55.